The molecule has 0 bridgehead atoms. The van der Waals surface area contributed by atoms with Gasteiger partial charge < -0.3 is 15.2 Å². The van der Waals surface area contributed by atoms with Gasteiger partial charge in [0.1, 0.15) is 17.6 Å². The van der Waals surface area contributed by atoms with Gasteiger partial charge in [-0.05, 0) is 47.4 Å². The molecule has 0 radical (unpaired) electrons. The quantitative estimate of drug-likeness (QED) is 0.936. The Morgan fingerprint density at radius 3 is 2.76 bits per heavy atom. The van der Waals surface area contributed by atoms with E-state index in [0.29, 0.717) is 0 Å². The van der Waals surface area contributed by atoms with Crippen LogP contribution in [0, 0.1) is 0 Å². The molecule has 0 heterocycles. The second kappa shape index (κ2) is 5.78. The van der Waals surface area contributed by atoms with Crippen molar-refractivity contribution in [2.45, 2.75) is 31.9 Å². The van der Waals surface area contributed by atoms with Gasteiger partial charge in [0.2, 0.25) is 0 Å². The zero-order valence-electron chi connectivity index (χ0n) is 12.5. The maximum absolute atomic E-state index is 6.35. The summed E-state index contributed by atoms with van der Waals surface area (Å²) in [5.41, 5.74) is 10.0. The molecule has 0 saturated carbocycles. The minimum absolute atomic E-state index is 0.0146. The first-order chi connectivity index (χ1) is 10.2. The van der Waals surface area contributed by atoms with Crippen LogP contribution in [0.4, 0.5) is 0 Å². The summed E-state index contributed by atoms with van der Waals surface area (Å²) in [6, 6.07) is 14.2. The maximum atomic E-state index is 6.35. The van der Waals surface area contributed by atoms with E-state index in [1.165, 1.54) is 11.1 Å². The minimum Gasteiger partial charge on any atom is -0.497 e. The van der Waals surface area contributed by atoms with E-state index in [1.807, 2.05) is 24.3 Å². The van der Waals surface area contributed by atoms with Crippen molar-refractivity contribution in [1.82, 2.24) is 0 Å². The summed E-state index contributed by atoms with van der Waals surface area (Å²) in [5.74, 6) is 1.74. The lowest BCUT2D eigenvalue weighted by atomic mass is 10.1. The van der Waals surface area contributed by atoms with Gasteiger partial charge in [-0.2, -0.15) is 0 Å². The molecule has 21 heavy (non-hydrogen) atoms. The number of rotatable bonds is 4. The van der Waals surface area contributed by atoms with E-state index in [-0.39, 0.29) is 12.1 Å². The van der Waals surface area contributed by atoms with Crippen LogP contribution in [-0.4, -0.2) is 13.2 Å². The van der Waals surface area contributed by atoms with Crippen LogP contribution in [0.2, 0.25) is 0 Å². The Labute approximate surface area is 125 Å². The van der Waals surface area contributed by atoms with Crippen molar-refractivity contribution in [1.29, 1.82) is 0 Å². The number of methoxy groups -OCH3 is 1. The number of hydrogen-bond acceptors (Lipinski definition) is 3. The van der Waals surface area contributed by atoms with Crippen LogP contribution in [0.25, 0.3) is 0 Å². The molecular formula is C18H21NO2. The zero-order valence-corrected chi connectivity index (χ0v) is 12.5. The zero-order chi connectivity index (χ0) is 14.8. The fraction of sp³-hybridized carbons (Fsp3) is 0.333. The Kier molecular flexibility index (Phi) is 3.84. The largest absolute Gasteiger partial charge is 0.497 e. The normalized spacial score (nSPS) is 20.1. The summed E-state index contributed by atoms with van der Waals surface area (Å²) in [6.45, 7) is 2.14. The fourth-order valence-electron chi connectivity index (χ4n) is 2.87. The molecule has 2 unspecified atom stereocenters. The number of hydrogen-bond donors (Lipinski definition) is 1. The van der Waals surface area contributed by atoms with Crippen molar-refractivity contribution in [3.8, 4) is 11.5 Å². The topological polar surface area (TPSA) is 44.5 Å². The Bertz CT molecular complexity index is 639. The lowest BCUT2D eigenvalue weighted by Crippen LogP contribution is -2.27. The average molecular weight is 283 g/mol. The highest BCUT2D eigenvalue weighted by Crippen LogP contribution is 2.34. The molecule has 3 heteroatoms. The minimum atomic E-state index is -0.111. The molecular weight excluding hydrogens is 262 g/mol. The molecule has 0 aromatic heterocycles. The summed E-state index contributed by atoms with van der Waals surface area (Å²) in [7, 11) is 1.67. The van der Waals surface area contributed by atoms with E-state index in [9.17, 15) is 0 Å². The van der Waals surface area contributed by atoms with Gasteiger partial charge >= 0.3 is 0 Å². The Balaban J connectivity index is 1.79. The summed E-state index contributed by atoms with van der Waals surface area (Å²) in [5, 5.41) is 0. The van der Waals surface area contributed by atoms with E-state index in [4.69, 9.17) is 15.2 Å². The van der Waals surface area contributed by atoms with Crippen molar-refractivity contribution < 1.29 is 9.47 Å². The van der Waals surface area contributed by atoms with Gasteiger partial charge in [0.05, 0.1) is 13.2 Å². The highest BCUT2D eigenvalue weighted by atomic mass is 16.5. The van der Waals surface area contributed by atoms with Crippen LogP contribution < -0.4 is 15.2 Å². The maximum Gasteiger partial charge on any atom is 0.122 e. The van der Waals surface area contributed by atoms with Crippen molar-refractivity contribution in [2.24, 2.45) is 5.73 Å². The SMILES string of the molecule is CCc1cccc(OC2Cc3ccc(OC)cc3C2N)c1. The molecule has 2 aromatic rings. The van der Waals surface area contributed by atoms with Crippen molar-refractivity contribution in [3.63, 3.8) is 0 Å². The third kappa shape index (κ3) is 2.74. The van der Waals surface area contributed by atoms with E-state index in [1.54, 1.807) is 7.11 Å². The average Bonchev–Trinajstić information content (AvgIpc) is 2.83. The van der Waals surface area contributed by atoms with Crippen LogP contribution >= 0.6 is 0 Å². The van der Waals surface area contributed by atoms with E-state index in [0.717, 1.165) is 29.9 Å². The standard InChI is InChI=1S/C18H21NO2/c1-3-12-5-4-6-15(9-12)21-17-10-13-7-8-14(20-2)11-16(13)18(17)19/h4-9,11,17-18H,3,10,19H2,1-2H3. The molecule has 1 aliphatic carbocycles. The first kappa shape index (κ1) is 14.0. The van der Waals surface area contributed by atoms with Crippen molar-refractivity contribution >= 4 is 0 Å². The summed E-state index contributed by atoms with van der Waals surface area (Å²) >= 11 is 0. The number of aryl methyl sites for hydroxylation is 1. The van der Waals surface area contributed by atoms with E-state index >= 15 is 0 Å². The summed E-state index contributed by atoms with van der Waals surface area (Å²) in [4.78, 5) is 0. The Morgan fingerprint density at radius 2 is 2.00 bits per heavy atom. The van der Waals surface area contributed by atoms with Gasteiger partial charge in [0.15, 0.2) is 0 Å². The Morgan fingerprint density at radius 1 is 1.14 bits per heavy atom. The van der Waals surface area contributed by atoms with E-state index < -0.39 is 0 Å². The molecule has 0 aliphatic heterocycles. The van der Waals surface area contributed by atoms with Gasteiger partial charge in [0, 0.05) is 6.42 Å². The van der Waals surface area contributed by atoms with Crippen LogP contribution in [0.3, 0.4) is 0 Å². The molecule has 2 N–H and O–H groups in total. The van der Waals surface area contributed by atoms with Gasteiger partial charge in [-0.3, -0.25) is 0 Å². The van der Waals surface area contributed by atoms with Crippen LogP contribution in [0.1, 0.15) is 29.7 Å². The first-order valence-electron chi connectivity index (χ1n) is 7.39. The molecule has 110 valence electrons. The molecule has 3 rings (SSSR count). The predicted octanol–water partition coefficient (Wildman–Crippen LogP) is 3.26. The van der Waals surface area contributed by atoms with Crippen LogP contribution in [0.15, 0.2) is 42.5 Å². The molecule has 0 fully saturated rings. The predicted molar refractivity (Wildman–Crippen MR) is 83.9 cm³/mol. The third-order valence-electron chi connectivity index (χ3n) is 4.13. The molecule has 0 amide bonds. The second-order valence-electron chi connectivity index (χ2n) is 5.45. The number of fused-ring (bicyclic) bond motifs is 1. The molecule has 0 spiro atoms. The number of benzene rings is 2. The molecule has 2 aromatic carbocycles. The lowest BCUT2D eigenvalue weighted by Gasteiger charge is -2.19. The first-order valence-corrected chi connectivity index (χ1v) is 7.39. The van der Waals surface area contributed by atoms with Crippen molar-refractivity contribution in [2.75, 3.05) is 7.11 Å². The summed E-state index contributed by atoms with van der Waals surface area (Å²) in [6.07, 6.45) is 1.83. The third-order valence-corrected chi connectivity index (χ3v) is 4.13. The lowest BCUT2D eigenvalue weighted by molar-refractivity contribution is 0.185. The molecule has 1 aliphatic rings. The molecule has 2 atom stereocenters. The van der Waals surface area contributed by atoms with Gasteiger partial charge in [-0.1, -0.05) is 25.1 Å². The monoisotopic (exact) mass is 283 g/mol. The Hall–Kier alpha value is -2.00. The van der Waals surface area contributed by atoms with Crippen LogP contribution in [0.5, 0.6) is 11.5 Å². The fourth-order valence-corrected chi connectivity index (χ4v) is 2.87. The number of ether oxygens (including phenoxy) is 2. The van der Waals surface area contributed by atoms with Gasteiger partial charge in [-0.15, -0.1) is 0 Å². The van der Waals surface area contributed by atoms with Crippen LogP contribution in [-0.2, 0) is 12.8 Å². The molecule has 0 saturated heterocycles. The smallest absolute Gasteiger partial charge is 0.122 e. The summed E-state index contributed by atoms with van der Waals surface area (Å²) < 4.78 is 11.4. The van der Waals surface area contributed by atoms with Gasteiger partial charge in [0.25, 0.3) is 0 Å². The van der Waals surface area contributed by atoms with Gasteiger partial charge in [-0.25, -0.2) is 0 Å². The molecule has 3 nitrogen and oxygen atoms in total. The van der Waals surface area contributed by atoms with Crippen molar-refractivity contribution in [3.05, 3.63) is 59.2 Å². The van der Waals surface area contributed by atoms with E-state index in [2.05, 4.69) is 25.1 Å². The highest BCUT2D eigenvalue weighted by molar-refractivity contribution is 5.42. The highest BCUT2D eigenvalue weighted by Gasteiger charge is 2.31. The number of nitrogens with two attached hydrogens (primary N) is 1. The second-order valence-corrected chi connectivity index (χ2v) is 5.45.